The quantitative estimate of drug-likeness (QED) is 0.766. The molecule has 0 amide bonds. The van der Waals surface area contributed by atoms with Crippen LogP contribution in [0.3, 0.4) is 0 Å². The van der Waals surface area contributed by atoms with Gasteiger partial charge in [-0.1, -0.05) is 19.1 Å². The normalized spacial score (nSPS) is 39.5. The van der Waals surface area contributed by atoms with Crippen molar-refractivity contribution in [3.8, 4) is 5.75 Å². The molecule has 1 heteroatoms. The van der Waals surface area contributed by atoms with E-state index in [1.807, 2.05) is 0 Å². The first kappa shape index (κ1) is 11.8. The van der Waals surface area contributed by atoms with Gasteiger partial charge in [0.1, 0.15) is 11.4 Å². The van der Waals surface area contributed by atoms with Crippen molar-refractivity contribution < 1.29 is 4.74 Å². The van der Waals surface area contributed by atoms with Crippen molar-refractivity contribution in [3.05, 3.63) is 36.2 Å². The maximum absolute atomic E-state index is 6.54. The van der Waals surface area contributed by atoms with Gasteiger partial charge in [-0.2, -0.15) is 0 Å². The van der Waals surface area contributed by atoms with E-state index in [0.717, 1.165) is 23.5 Å². The lowest BCUT2D eigenvalue weighted by Crippen LogP contribution is -2.53. The fourth-order valence-corrected chi connectivity index (χ4v) is 5.16. The van der Waals surface area contributed by atoms with E-state index in [0.29, 0.717) is 0 Å². The van der Waals surface area contributed by atoms with Crippen molar-refractivity contribution in [1.82, 2.24) is 0 Å². The van der Waals surface area contributed by atoms with Crippen LogP contribution in [0.5, 0.6) is 5.75 Å². The molecule has 4 saturated carbocycles. The largest absolute Gasteiger partial charge is 0.487 e. The van der Waals surface area contributed by atoms with Crippen molar-refractivity contribution in [3.63, 3.8) is 0 Å². The zero-order chi connectivity index (χ0) is 12.9. The molecule has 5 rings (SSSR count). The molecule has 101 valence electrons. The Hall–Kier alpha value is -0.980. The number of benzene rings is 1. The summed E-state index contributed by atoms with van der Waals surface area (Å²) in [5.74, 6) is 3.93. The first-order chi connectivity index (χ1) is 9.25. The fraction of sp³-hybridized carbons (Fsp3) is 0.611. The molecular formula is C18H23O. The summed E-state index contributed by atoms with van der Waals surface area (Å²) in [4.78, 5) is 0. The predicted octanol–water partition coefficient (Wildman–Crippen LogP) is 4.61. The van der Waals surface area contributed by atoms with E-state index < -0.39 is 0 Å². The Morgan fingerprint density at radius 3 is 2.26 bits per heavy atom. The highest BCUT2D eigenvalue weighted by atomic mass is 16.5. The molecular weight excluding hydrogens is 232 g/mol. The molecule has 1 aromatic rings. The van der Waals surface area contributed by atoms with E-state index in [4.69, 9.17) is 4.74 Å². The summed E-state index contributed by atoms with van der Waals surface area (Å²) in [6.07, 6.45) is 10.5. The monoisotopic (exact) mass is 255 g/mol. The van der Waals surface area contributed by atoms with Gasteiger partial charge in [0.05, 0.1) is 0 Å². The Kier molecular flexibility index (Phi) is 2.65. The van der Waals surface area contributed by atoms with Crippen LogP contribution in [0.25, 0.3) is 0 Å². The Bertz CT molecular complexity index is 441. The minimum atomic E-state index is 0.182. The number of rotatable bonds is 3. The van der Waals surface area contributed by atoms with Gasteiger partial charge in [-0.05, 0) is 80.4 Å². The Balaban J connectivity index is 1.58. The fourth-order valence-electron chi connectivity index (χ4n) is 5.16. The van der Waals surface area contributed by atoms with E-state index in [2.05, 4.69) is 37.6 Å². The van der Waals surface area contributed by atoms with Crippen LogP contribution in [-0.2, 0) is 0 Å². The topological polar surface area (TPSA) is 9.23 Å². The third-order valence-corrected chi connectivity index (χ3v) is 5.51. The maximum atomic E-state index is 6.54. The van der Waals surface area contributed by atoms with Gasteiger partial charge in [0, 0.05) is 0 Å². The summed E-state index contributed by atoms with van der Waals surface area (Å²) < 4.78 is 6.54. The molecule has 4 fully saturated rings. The van der Waals surface area contributed by atoms with E-state index in [1.54, 1.807) is 0 Å². The molecule has 0 unspecified atom stereocenters. The summed E-state index contributed by atoms with van der Waals surface area (Å²) in [5, 5.41) is 0. The predicted molar refractivity (Wildman–Crippen MR) is 77.0 cm³/mol. The van der Waals surface area contributed by atoms with Gasteiger partial charge in [0.2, 0.25) is 0 Å². The van der Waals surface area contributed by atoms with E-state index >= 15 is 0 Å². The second-order valence-corrected chi connectivity index (χ2v) is 7.06. The molecule has 1 aromatic carbocycles. The molecule has 1 nitrogen and oxygen atoms in total. The standard InChI is InChI=1S/C18H23O/c1-2-13-4-3-5-17(9-13)19-18-10-14-6-15(11-18)8-16(7-14)12-18/h2-5,9,14-16H,6-8,10-12H2,1H3. The molecule has 4 bridgehead atoms. The molecule has 0 N–H and O–H groups in total. The molecule has 0 aromatic heterocycles. The smallest absolute Gasteiger partial charge is 0.120 e. The lowest BCUT2D eigenvalue weighted by Gasteiger charge is -2.56. The Morgan fingerprint density at radius 2 is 1.68 bits per heavy atom. The minimum absolute atomic E-state index is 0.182. The van der Waals surface area contributed by atoms with Gasteiger partial charge in [-0.15, -0.1) is 0 Å². The third kappa shape index (κ3) is 2.07. The van der Waals surface area contributed by atoms with Gasteiger partial charge >= 0.3 is 0 Å². The van der Waals surface area contributed by atoms with Gasteiger partial charge in [-0.25, -0.2) is 0 Å². The van der Waals surface area contributed by atoms with Gasteiger partial charge in [-0.3, -0.25) is 0 Å². The molecule has 4 aliphatic carbocycles. The van der Waals surface area contributed by atoms with Crippen LogP contribution >= 0.6 is 0 Å². The van der Waals surface area contributed by atoms with Crippen molar-refractivity contribution >= 4 is 0 Å². The zero-order valence-electron chi connectivity index (χ0n) is 11.8. The van der Waals surface area contributed by atoms with Crippen molar-refractivity contribution in [2.24, 2.45) is 17.8 Å². The summed E-state index contributed by atoms with van der Waals surface area (Å²) >= 11 is 0. The molecule has 0 heterocycles. The lowest BCUT2D eigenvalue weighted by atomic mass is 9.54. The van der Waals surface area contributed by atoms with Gasteiger partial charge in [0.25, 0.3) is 0 Å². The summed E-state index contributed by atoms with van der Waals surface area (Å²) in [7, 11) is 0. The second kappa shape index (κ2) is 4.26. The van der Waals surface area contributed by atoms with Crippen LogP contribution in [0.1, 0.15) is 51.0 Å². The van der Waals surface area contributed by atoms with Crippen LogP contribution in [0.4, 0.5) is 0 Å². The van der Waals surface area contributed by atoms with Crippen LogP contribution in [-0.4, -0.2) is 5.60 Å². The summed E-state index contributed by atoms with van der Waals surface area (Å²) in [5.41, 5.74) is 1.45. The Labute approximate surface area is 116 Å². The van der Waals surface area contributed by atoms with Crippen LogP contribution in [0.2, 0.25) is 0 Å². The molecule has 19 heavy (non-hydrogen) atoms. The first-order valence-electron chi connectivity index (χ1n) is 7.83. The zero-order valence-corrected chi connectivity index (χ0v) is 11.8. The average Bonchev–Trinajstić information content (AvgIpc) is 2.36. The highest BCUT2D eigenvalue weighted by molar-refractivity contribution is 5.33. The molecule has 0 atom stereocenters. The number of hydrogen-bond donors (Lipinski definition) is 0. The highest BCUT2D eigenvalue weighted by Gasteiger charge is 2.52. The lowest BCUT2D eigenvalue weighted by molar-refractivity contribution is -0.107. The average molecular weight is 255 g/mol. The summed E-state index contributed by atoms with van der Waals surface area (Å²) in [6.45, 7) is 2.09. The van der Waals surface area contributed by atoms with E-state index in [9.17, 15) is 0 Å². The van der Waals surface area contributed by atoms with Crippen molar-refractivity contribution in [2.45, 2.75) is 51.0 Å². The molecule has 0 saturated heterocycles. The van der Waals surface area contributed by atoms with Crippen LogP contribution in [0, 0.1) is 24.2 Å². The van der Waals surface area contributed by atoms with Gasteiger partial charge in [0.15, 0.2) is 0 Å². The van der Waals surface area contributed by atoms with E-state index in [-0.39, 0.29) is 5.60 Å². The third-order valence-electron chi connectivity index (χ3n) is 5.51. The second-order valence-electron chi connectivity index (χ2n) is 7.06. The molecule has 0 spiro atoms. The number of ether oxygens (including phenoxy) is 1. The summed E-state index contributed by atoms with van der Waals surface area (Å²) in [6, 6.07) is 8.59. The SMILES string of the molecule is C[CH]c1cccc(OC23CC4CC(CC(C4)C2)C3)c1. The maximum Gasteiger partial charge on any atom is 0.120 e. The molecule has 0 aliphatic heterocycles. The van der Waals surface area contributed by atoms with Crippen LogP contribution < -0.4 is 4.74 Å². The van der Waals surface area contributed by atoms with E-state index in [1.165, 1.54) is 44.1 Å². The Morgan fingerprint density at radius 1 is 1.05 bits per heavy atom. The van der Waals surface area contributed by atoms with Crippen LogP contribution in [0.15, 0.2) is 24.3 Å². The highest BCUT2D eigenvalue weighted by Crippen LogP contribution is 2.57. The van der Waals surface area contributed by atoms with Crippen molar-refractivity contribution in [1.29, 1.82) is 0 Å². The first-order valence-corrected chi connectivity index (χ1v) is 7.83. The minimum Gasteiger partial charge on any atom is -0.487 e. The van der Waals surface area contributed by atoms with Gasteiger partial charge < -0.3 is 4.74 Å². The molecule has 1 radical (unpaired) electrons. The number of hydrogen-bond acceptors (Lipinski definition) is 1. The van der Waals surface area contributed by atoms with Crippen molar-refractivity contribution in [2.75, 3.05) is 0 Å². The molecule has 4 aliphatic rings.